The Morgan fingerprint density at radius 1 is 1.82 bits per heavy atom. The largest absolute Gasteiger partial charge is 0.566 e. The van der Waals surface area contributed by atoms with E-state index in [0.717, 1.165) is 0 Å². The van der Waals surface area contributed by atoms with Crippen molar-refractivity contribution < 1.29 is 23.9 Å². The molecule has 0 aliphatic carbocycles. The highest BCUT2D eigenvalue weighted by Gasteiger charge is 2.25. The van der Waals surface area contributed by atoms with Crippen LogP contribution >= 0.6 is 8.25 Å². The van der Waals surface area contributed by atoms with Crippen molar-refractivity contribution in [3.63, 3.8) is 0 Å². The fourth-order valence-electron chi connectivity index (χ4n) is 0.402. The minimum Gasteiger partial charge on any atom is -0.566 e. The standard InChI is InChI=1S/C4H8NO5P/c1-2(10-11(8)9)3(5)4(6)7/h2-3H,5H2,1H3,(H,6,7)/t2-,3+/m1/s1. The Hall–Kier alpha value is -0.550. The van der Waals surface area contributed by atoms with Gasteiger partial charge in [0.25, 0.3) is 0 Å². The van der Waals surface area contributed by atoms with E-state index in [2.05, 4.69) is 4.52 Å². The summed E-state index contributed by atoms with van der Waals surface area (Å²) in [6.45, 7) is 1.27. The van der Waals surface area contributed by atoms with E-state index in [1.807, 2.05) is 0 Å². The summed E-state index contributed by atoms with van der Waals surface area (Å²) in [5.74, 6) is -1.30. The normalized spacial score (nSPS) is 17.2. The first-order valence-corrected chi connectivity index (χ1v) is 3.84. The molecule has 64 valence electrons. The van der Waals surface area contributed by atoms with Crippen LogP contribution < -0.4 is 10.6 Å². The third-order valence-corrected chi connectivity index (χ3v) is 1.55. The Kier molecular flexibility index (Phi) is 4.14. The van der Waals surface area contributed by atoms with Gasteiger partial charge in [-0.25, -0.2) is 0 Å². The molecule has 1 unspecified atom stereocenters. The van der Waals surface area contributed by atoms with Crippen LogP contribution in [-0.2, 0) is 13.9 Å². The molecule has 0 saturated heterocycles. The third-order valence-electron chi connectivity index (χ3n) is 1.04. The van der Waals surface area contributed by atoms with E-state index in [1.54, 1.807) is 0 Å². The van der Waals surface area contributed by atoms with Crippen LogP contribution in [-0.4, -0.2) is 23.2 Å². The topological polar surface area (TPSA) is 113 Å². The Morgan fingerprint density at radius 3 is 2.55 bits per heavy atom. The lowest BCUT2D eigenvalue weighted by Crippen LogP contribution is -2.40. The van der Waals surface area contributed by atoms with E-state index >= 15 is 0 Å². The van der Waals surface area contributed by atoms with E-state index in [0.29, 0.717) is 0 Å². The molecule has 7 heteroatoms. The van der Waals surface area contributed by atoms with Gasteiger partial charge in [0.15, 0.2) is 0 Å². The van der Waals surface area contributed by atoms with Crippen LogP contribution in [0.2, 0.25) is 0 Å². The number of carboxylic acid groups (broad SMARTS) is 1. The minimum atomic E-state index is -3.04. The summed E-state index contributed by atoms with van der Waals surface area (Å²) in [7, 11) is -3.04. The van der Waals surface area contributed by atoms with Crippen LogP contribution in [0, 0.1) is 0 Å². The number of hydrogen-bond acceptors (Lipinski definition) is 5. The summed E-state index contributed by atoms with van der Waals surface area (Å²) < 4.78 is 14.0. The second-order valence-electron chi connectivity index (χ2n) is 1.90. The molecule has 0 amide bonds. The van der Waals surface area contributed by atoms with Crippen molar-refractivity contribution >= 4 is 14.2 Å². The monoisotopic (exact) mass is 181 g/mol. The zero-order chi connectivity index (χ0) is 9.02. The highest BCUT2D eigenvalue weighted by atomic mass is 31.1. The van der Waals surface area contributed by atoms with Crippen molar-refractivity contribution in [3.8, 4) is 0 Å². The molecule has 0 heterocycles. The second-order valence-corrected chi connectivity index (χ2v) is 2.56. The maximum atomic E-state index is 10.1. The number of rotatable bonds is 4. The summed E-state index contributed by atoms with van der Waals surface area (Å²) in [6, 6.07) is -1.32. The van der Waals surface area contributed by atoms with Gasteiger partial charge in [-0.1, -0.05) is 0 Å². The van der Waals surface area contributed by atoms with Gasteiger partial charge < -0.3 is 15.7 Å². The average molecular weight is 181 g/mol. The maximum absolute atomic E-state index is 10.1. The second kappa shape index (κ2) is 4.35. The SMILES string of the molecule is C[C@@H](O[P+](=O)[O-])[C@H](N)C(=O)O. The lowest BCUT2D eigenvalue weighted by molar-refractivity contribution is -0.189. The molecule has 0 aliphatic rings. The number of aliphatic carboxylic acids is 1. The van der Waals surface area contributed by atoms with E-state index in [9.17, 15) is 14.3 Å². The molecule has 0 spiro atoms. The lowest BCUT2D eigenvalue weighted by atomic mass is 10.2. The molecule has 0 aromatic rings. The van der Waals surface area contributed by atoms with Crippen LogP contribution in [0.1, 0.15) is 6.92 Å². The lowest BCUT2D eigenvalue weighted by Gasteiger charge is -2.09. The molecule has 0 bridgehead atoms. The van der Waals surface area contributed by atoms with Gasteiger partial charge in [-0.05, 0) is 11.5 Å². The van der Waals surface area contributed by atoms with Crippen molar-refractivity contribution in [3.05, 3.63) is 0 Å². The summed E-state index contributed by atoms with van der Waals surface area (Å²) >= 11 is 0. The quantitative estimate of drug-likeness (QED) is 0.528. The fourth-order valence-corrected chi connectivity index (χ4v) is 0.805. The van der Waals surface area contributed by atoms with Gasteiger partial charge in [-0.15, -0.1) is 4.52 Å². The zero-order valence-corrected chi connectivity index (χ0v) is 6.65. The molecule has 3 N–H and O–H groups in total. The van der Waals surface area contributed by atoms with Crippen LogP contribution in [0.5, 0.6) is 0 Å². The minimum absolute atomic E-state index is 1.03. The predicted octanol–water partition coefficient (Wildman–Crippen LogP) is -1.18. The highest BCUT2D eigenvalue weighted by Crippen LogP contribution is 2.14. The van der Waals surface area contributed by atoms with Gasteiger partial charge in [0.05, 0.1) is 0 Å². The van der Waals surface area contributed by atoms with Crippen LogP contribution in [0.25, 0.3) is 0 Å². The number of carboxylic acids is 1. The van der Waals surface area contributed by atoms with Crippen LogP contribution in [0.15, 0.2) is 0 Å². The molecule has 0 aromatic carbocycles. The van der Waals surface area contributed by atoms with E-state index < -0.39 is 26.4 Å². The van der Waals surface area contributed by atoms with Crippen LogP contribution in [0.3, 0.4) is 0 Å². The summed E-state index contributed by atoms with van der Waals surface area (Å²) in [6.07, 6.45) is -1.03. The van der Waals surface area contributed by atoms with Crippen molar-refractivity contribution in [2.24, 2.45) is 5.73 Å². The van der Waals surface area contributed by atoms with Gasteiger partial charge in [0.1, 0.15) is 12.1 Å². The summed E-state index contributed by atoms with van der Waals surface area (Å²) in [5, 5.41) is 8.26. The number of carbonyl (C=O) groups is 1. The van der Waals surface area contributed by atoms with Crippen molar-refractivity contribution in [2.45, 2.75) is 19.1 Å². The van der Waals surface area contributed by atoms with Crippen molar-refractivity contribution in [2.75, 3.05) is 0 Å². The molecule has 0 fully saturated rings. The van der Waals surface area contributed by atoms with Gasteiger partial charge >= 0.3 is 14.2 Å². The fraction of sp³-hybridized carbons (Fsp3) is 0.750. The molecule has 6 nitrogen and oxygen atoms in total. The Morgan fingerprint density at radius 2 is 2.27 bits per heavy atom. The van der Waals surface area contributed by atoms with Crippen molar-refractivity contribution in [1.29, 1.82) is 0 Å². The Labute approximate surface area is 63.9 Å². The van der Waals surface area contributed by atoms with Gasteiger partial charge in [0, 0.05) is 0 Å². The van der Waals surface area contributed by atoms with Crippen LogP contribution in [0.4, 0.5) is 0 Å². The smallest absolute Gasteiger partial charge is 0.488 e. The van der Waals surface area contributed by atoms with Gasteiger partial charge in [-0.2, -0.15) is 0 Å². The molecule has 3 atom stereocenters. The Balaban J connectivity index is 3.92. The summed E-state index contributed by atoms with van der Waals surface area (Å²) in [5.41, 5.74) is 5.02. The van der Waals surface area contributed by atoms with E-state index in [-0.39, 0.29) is 0 Å². The molecular formula is C4H8NO5P. The first-order valence-electron chi connectivity index (χ1n) is 2.74. The first-order chi connectivity index (χ1) is 4.95. The van der Waals surface area contributed by atoms with E-state index in [4.69, 9.17) is 10.8 Å². The van der Waals surface area contributed by atoms with E-state index in [1.165, 1.54) is 6.92 Å². The zero-order valence-electron chi connectivity index (χ0n) is 5.76. The molecule has 0 saturated carbocycles. The third kappa shape index (κ3) is 4.00. The summed E-state index contributed by atoms with van der Waals surface area (Å²) in [4.78, 5) is 20.0. The molecule has 0 radical (unpaired) electrons. The van der Waals surface area contributed by atoms with Crippen molar-refractivity contribution in [1.82, 2.24) is 0 Å². The number of hydrogen-bond donors (Lipinski definition) is 2. The first kappa shape index (κ1) is 10.4. The predicted molar refractivity (Wildman–Crippen MR) is 33.8 cm³/mol. The highest BCUT2D eigenvalue weighted by molar-refractivity contribution is 7.30. The van der Waals surface area contributed by atoms with Gasteiger partial charge in [-0.3, -0.25) is 4.79 Å². The molecular weight excluding hydrogens is 173 g/mol. The molecule has 11 heavy (non-hydrogen) atoms. The molecule has 0 aliphatic heterocycles. The van der Waals surface area contributed by atoms with Gasteiger partial charge in [0.2, 0.25) is 0 Å². The maximum Gasteiger partial charge on any atom is 0.488 e. The Bertz CT molecular complexity index is 172. The average Bonchev–Trinajstić information content (AvgIpc) is 1.84. The molecule has 0 aromatic heterocycles. The molecule has 0 rings (SSSR count). The number of nitrogens with two attached hydrogens (primary N) is 1.